The van der Waals surface area contributed by atoms with Crippen LogP contribution in [-0.2, 0) is 9.53 Å². The molecule has 2 aliphatic heterocycles. The second kappa shape index (κ2) is 7.71. The maximum Gasteiger partial charge on any atom is 0.225 e. The Morgan fingerprint density at radius 1 is 1.12 bits per heavy atom. The van der Waals surface area contributed by atoms with Crippen LogP contribution in [-0.4, -0.2) is 70.8 Å². The number of ether oxygens (including phenoxy) is 1. The smallest absolute Gasteiger partial charge is 0.225 e. The average molecular weight is 338 g/mol. The lowest BCUT2D eigenvalue weighted by Gasteiger charge is -2.39. The zero-order chi connectivity index (χ0) is 17.2. The number of likely N-dealkylation sites (tertiary alicyclic amines) is 1. The van der Waals surface area contributed by atoms with Gasteiger partial charge in [-0.2, -0.15) is 0 Å². The minimum absolute atomic E-state index is 0.163. The number of hydrogen-bond donors (Lipinski definition) is 1. The zero-order valence-electron chi connectivity index (χ0n) is 15.4. The monoisotopic (exact) mass is 338 g/mol. The molecular formula is C19H34N2O3. The minimum Gasteiger partial charge on any atom is -0.389 e. The highest BCUT2D eigenvalue weighted by molar-refractivity contribution is 5.78. The van der Waals surface area contributed by atoms with E-state index in [2.05, 4.69) is 23.6 Å². The Kier molecular flexibility index (Phi) is 5.83. The standard InChI is InChI=1S/C19H34N2O3/c1-15-12-20(13-16(2)24-15)14-17-7-6-10-21(17)18(22)11-19(23)8-4-3-5-9-19/h15-17,23H,3-14H2,1-2H3. The summed E-state index contributed by atoms with van der Waals surface area (Å²) in [5.41, 5.74) is -0.746. The number of carbonyl (C=O) groups is 1. The molecule has 0 aromatic rings. The second-order valence-electron chi connectivity index (χ2n) is 8.32. The van der Waals surface area contributed by atoms with Crippen molar-refractivity contribution in [2.45, 2.75) is 89.1 Å². The van der Waals surface area contributed by atoms with E-state index >= 15 is 0 Å². The average Bonchev–Trinajstić information content (AvgIpc) is 2.94. The lowest BCUT2D eigenvalue weighted by Crippen LogP contribution is -2.51. The molecule has 0 bridgehead atoms. The predicted octanol–water partition coefficient (Wildman–Crippen LogP) is 2.17. The second-order valence-corrected chi connectivity index (χ2v) is 8.32. The van der Waals surface area contributed by atoms with E-state index in [9.17, 15) is 9.90 Å². The number of amides is 1. The van der Waals surface area contributed by atoms with Crippen LogP contribution in [0.1, 0.15) is 65.2 Å². The van der Waals surface area contributed by atoms with Crippen molar-refractivity contribution in [1.29, 1.82) is 0 Å². The quantitative estimate of drug-likeness (QED) is 0.853. The molecule has 5 heteroatoms. The Labute approximate surface area is 146 Å². The van der Waals surface area contributed by atoms with Crippen LogP contribution in [0.5, 0.6) is 0 Å². The van der Waals surface area contributed by atoms with Crippen molar-refractivity contribution in [3.8, 4) is 0 Å². The fraction of sp³-hybridized carbons (Fsp3) is 0.947. The van der Waals surface area contributed by atoms with Gasteiger partial charge in [-0.25, -0.2) is 0 Å². The van der Waals surface area contributed by atoms with E-state index in [-0.39, 0.29) is 18.1 Å². The molecule has 2 saturated heterocycles. The Hall–Kier alpha value is -0.650. The molecule has 138 valence electrons. The van der Waals surface area contributed by atoms with Crippen molar-refractivity contribution in [2.75, 3.05) is 26.2 Å². The van der Waals surface area contributed by atoms with E-state index in [0.717, 1.165) is 64.7 Å². The van der Waals surface area contributed by atoms with Crippen LogP contribution < -0.4 is 0 Å². The van der Waals surface area contributed by atoms with E-state index in [1.807, 2.05) is 0 Å². The lowest BCUT2D eigenvalue weighted by molar-refractivity contribution is -0.139. The summed E-state index contributed by atoms with van der Waals surface area (Å²) in [5.74, 6) is 0.163. The number of rotatable bonds is 4. The summed E-state index contributed by atoms with van der Waals surface area (Å²) in [6.07, 6.45) is 7.90. The van der Waals surface area contributed by atoms with Crippen molar-refractivity contribution in [2.24, 2.45) is 0 Å². The first-order valence-corrected chi connectivity index (χ1v) is 9.85. The predicted molar refractivity (Wildman–Crippen MR) is 93.8 cm³/mol. The number of hydrogen-bond acceptors (Lipinski definition) is 4. The summed E-state index contributed by atoms with van der Waals surface area (Å²) < 4.78 is 5.81. The molecule has 1 aliphatic carbocycles. The number of morpholine rings is 1. The van der Waals surface area contributed by atoms with Gasteiger partial charge in [-0.05, 0) is 39.5 Å². The van der Waals surface area contributed by atoms with Gasteiger partial charge in [0.05, 0.1) is 24.2 Å². The summed E-state index contributed by atoms with van der Waals surface area (Å²) in [4.78, 5) is 17.3. The van der Waals surface area contributed by atoms with Crippen LogP contribution in [0.3, 0.4) is 0 Å². The SMILES string of the molecule is CC1CN(CC2CCCN2C(=O)CC2(O)CCCCC2)CC(C)O1. The van der Waals surface area contributed by atoms with Crippen LogP contribution in [0, 0.1) is 0 Å². The molecule has 0 radical (unpaired) electrons. The molecule has 3 unspecified atom stereocenters. The topological polar surface area (TPSA) is 53.0 Å². The summed E-state index contributed by atoms with van der Waals surface area (Å²) in [7, 11) is 0. The third-order valence-electron chi connectivity index (χ3n) is 5.93. The molecule has 24 heavy (non-hydrogen) atoms. The van der Waals surface area contributed by atoms with E-state index in [1.54, 1.807) is 0 Å². The van der Waals surface area contributed by atoms with Crippen molar-refractivity contribution in [3.05, 3.63) is 0 Å². The fourth-order valence-corrected chi connectivity index (χ4v) is 4.86. The first kappa shape index (κ1) is 18.2. The minimum atomic E-state index is -0.746. The van der Waals surface area contributed by atoms with Gasteiger partial charge in [-0.3, -0.25) is 9.69 Å². The van der Waals surface area contributed by atoms with Gasteiger partial charge in [0.25, 0.3) is 0 Å². The maximum absolute atomic E-state index is 12.8. The van der Waals surface area contributed by atoms with Crippen molar-refractivity contribution in [1.82, 2.24) is 9.80 Å². The number of nitrogens with zero attached hydrogens (tertiary/aromatic N) is 2. The van der Waals surface area contributed by atoms with Gasteiger partial charge >= 0.3 is 0 Å². The van der Waals surface area contributed by atoms with Crippen LogP contribution >= 0.6 is 0 Å². The molecule has 3 rings (SSSR count). The molecule has 0 aromatic carbocycles. The summed E-state index contributed by atoms with van der Waals surface area (Å²) in [6.45, 7) is 7.95. The Balaban J connectivity index is 1.55. The largest absolute Gasteiger partial charge is 0.389 e. The summed E-state index contributed by atoms with van der Waals surface area (Å²) in [5, 5.41) is 10.7. The van der Waals surface area contributed by atoms with Gasteiger partial charge in [-0.1, -0.05) is 19.3 Å². The fourth-order valence-electron chi connectivity index (χ4n) is 4.86. The van der Waals surface area contributed by atoms with E-state index in [0.29, 0.717) is 12.5 Å². The first-order valence-electron chi connectivity index (χ1n) is 9.85. The van der Waals surface area contributed by atoms with Crippen LogP contribution in [0.2, 0.25) is 0 Å². The molecule has 5 nitrogen and oxygen atoms in total. The summed E-state index contributed by atoms with van der Waals surface area (Å²) in [6, 6.07) is 0.308. The Bertz CT molecular complexity index is 426. The van der Waals surface area contributed by atoms with Gasteiger partial charge < -0.3 is 14.7 Å². The lowest BCUT2D eigenvalue weighted by atomic mass is 9.82. The van der Waals surface area contributed by atoms with Gasteiger partial charge in [0.15, 0.2) is 0 Å². The number of carbonyl (C=O) groups excluding carboxylic acids is 1. The normalized spacial score (nSPS) is 34.5. The van der Waals surface area contributed by atoms with Gasteiger partial charge in [-0.15, -0.1) is 0 Å². The molecule has 1 N–H and O–H groups in total. The highest BCUT2D eigenvalue weighted by Gasteiger charge is 2.37. The van der Waals surface area contributed by atoms with Gasteiger partial charge in [0.1, 0.15) is 0 Å². The molecule has 0 spiro atoms. The molecule has 2 heterocycles. The third-order valence-corrected chi connectivity index (χ3v) is 5.93. The maximum atomic E-state index is 12.8. The molecule has 1 amide bonds. The van der Waals surface area contributed by atoms with E-state index in [1.165, 1.54) is 6.42 Å². The van der Waals surface area contributed by atoms with Crippen LogP contribution in [0.15, 0.2) is 0 Å². The van der Waals surface area contributed by atoms with Crippen molar-refractivity contribution in [3.63, 3.8) is 0 Å². The molecule has 3 fully saturated rings. The molecule has 0 aromatic heterocycles. The van der Waals surface area contributed by atoms with E-state index in [4.69, 9.17) is 4.74 Å². The van der Waals surface area contributed by atoms with Crippen molar-refractivity contribution < 1.29 is 14.6 Å². The Morgan fingerprint density at radius 2 is 1.79 bits per heavy atom. The highest BCUT2D eigenvalue weighted by atomic mass is 16.5. The molecule has 3 atom stereocenters. The molecule has 1 saturated carbocycles. The van der Waals surface area contributed by atoms with Crippen LogP contribution in [0.25, 0.3) is 0 Å². The number of aliphatic hydroxyl groups is 1. The summed E-state index contributed by atoms with van der Waals surface area (Å²) >= 11 is 0. The van der Waals surface area contributed by atoms with Gasteiger partial charge in [0, 0.05) is 32.2 Å². The molecule has 3 aliphatic rings. The van der Waals surface area contributed by atoms with Crippen molar-refractivity contribution >= 4 is 5.91 Å². The first-order chi connectivity index (χ1) is 11.5. The third kappa shape index (κ3) is 4.50. The Morgan fingerprint density at radius 3 is 2.46 bits per heavy atom. The molecular weight excluding hydrogens is 304 g/mol. The van der Waals surface area contributed by atoms with Gasteiger partial charge in [0.2, 0.25) is 5.91 Å². The zero-order valence-corrected chi connectivity index (χ0v) is 15.4. The van der Waals surface area contributed by atoms with E-state index < -0.39 is 5.60 Å². The highest BCUT2D eigenvalue weighted by Crippen LogP contribution is 2.32. The van der Waals surface area contributed by atoms with Crippen LogP contribution in [0.4, 0.5) is 0 Å².